The summed E-state index contributed by atoms with van der Waals surface area (Å²) >= 11 is 0. The van der Waals surface area contributed by atoms with Crippen molar-refractivity contribution in [2.45, 2.75) is 118 Å². The molecule has 0 bridgehead atoms. The van der Waals surface area contributed by atoms with E-state index >= 15 is 0 Å². The maximum Gasteiger partial charge on any atom is 0.312 e. The predicted molar refractivity (Wildman–Crippen MR) is 215 cm³/mol. The highest BCUT2D eigenvalue weighted by molar-refractivity contribution is 7.91. The van der Waals surface area contributed by atoms with Crippen LogP contribution in [0.2, 0.25) is 0 Å². The highest BCUT2D eigenvalue weighted by Crippen LogP contribution is 2.54. The van der Waals surface area contributed by atoms with Gasteiger partial charge in [-0.1, -0.05) is 38.1 Å². The van der Waals surface area contributed by atoms with E-state index in [1.54, 1.807) is 6.07 Å². The molecule has 1 amide bonds. The summed E-state index contributed by atoms with van der Waals surface area (Å²) in [5.74, 6) is -0.331. The Morgan fingerprint density at radius 1 is 1.09 bits per heavy atom. The van der Waals surface area contributed by atoms with Gasteiger partial charge in [-0.3, -0.25) is 19.8 Å². The van der Waals surface area contributed by atoms with Crippen molar-refractivity contribution < 1.29 is 28.0 Å². The number of rotatable bonds is 11. The second-order valence-corrected chi connectivity index (χ2v) is 19.3. The number of anilines is 2. The predicted octanol–water partition coefficient (Wildman–Crippen LogP) is 6.61. The number of nitrogens with two attached hydrogens (primary N) is 1. The number of hydrogen-bond donors (Lipinski definition) is 3. The zero-order valence-corrected chi connectivity index (χ0v) is 33.8. The first kappa shape index (κ1) is 40.1. The summed E-state index contributed by atoms with van der Waals surface area (Å²) in [6, 6.07) is 15.4. The molecule has 2 aromatic carbocycles. The van der Waals surface area contributed by atoms with E-state index in [1.807, 2.05) is 6.92 Å². The number of benzene rings is 2. The van der Waals surface area contributed by atoms with Gasteiger partial charge in [0.1, 0.15) is 0 Å². The monoisotopic (exact) mass is 788 g/mol. The lowest BCUT2D eigenvalue weighted by Gasteiger charge is -2.59. The topological polar surface area (TPSA) is 181 Å². The Kier molecular flexibility index (Phi) is 11.2. The van der Waals surface area contributed by atoms with E-state index < -0.39 is 36.9 Å². The number of piperidine rings is 1. The van der Waals surface area contributed by atoms with Gasteiger partial charge in [0.05, 0.1) is 45.1 Å². The summed E-state index contributed by atoms with van der Waals surface area (Å²) in [6.07, 6.45) is 7.99. The van der Waals surface area contributed by atoms with E-state index in [0.29, 0.717) is 49.7 Å². The Bertz CT molecular complexity index is 2050. The minimum Gasteiger partial charge on any atom is -0.390 e. The van der Waals surface area contributed by atoms with Gasteiger partial charge in [0.2, 0.25) is 21.6 Å². The van der Waals surface area contributed by atoms with Crippen LogP contribution in [0.25, 0.3) is 0 Å². The quantitative estimate of drug-likeness (QED) is 0.141. The number of primary amides is 1. The molecule has 56 heavy (non-hydrogen) atoms. The first-order valence-corrected chi connectivity index (χ1v) is 21.5. The van der Waals surface area contributed by atoms with E-state index in [1.165, 1.54) is 23.3 Å². The zero-order chi connectivity index (χ0) is 40.0. The van der Waals surface area contributed by atoms with Crippen LogP contribution in [0.3, 0.4) is 0 Å². The number of carbonyl (C=O) groups excluding carboxylic acids is 1. The van der Waals surface area contributed by atoms with Gasteiger partial charge < -0.3 is 25.8 Å². The molecule has 1 spiro atoms. The zero-order valence-electron chi connectivity index (χ0n) is 32.9. The van der Waals surface area contributed by atoms with Crippen molar-refractivity contribution in [3.05, 3.63) is 81.5 Å². The number of hydrogen-bond acceptors (Lipinski definition) is 11. The molecule has 3 aromatic rings. The molecule has 2 saturated heterocycles. The maximum atomic E-state index is 14.2. The number of amides is 1. The van der Waals surface area contributed by atoms with E-state index in [-0.39, 0.29) is 33.7 Å². The molecule has 2 atom stereocenters. The van der Waals surface area contributed by atoms with E-state index in [4.69, 9.17) is 10.5 Å². The van der Waals surface area contributed by atoms with E-state index in [0.717, 1.165) is 70.5 Å². The molecule has 2 aliphatic carbocycles. The van der Waals surface area contributed by atoms with Crippen LogP contribution >= 0.6 is 0 Å². The molecule has 13 nitrogen and oxygen atoms in total. The van der Waals surface area contributed by atoms with E-state index in [9.17, 15) is 28.4 Å². The number of morpholine rings is 1. The van der Waals surface area contributed by atoms with Crippen molar-refractivity contribution in [2.75, 3.05) is 43.1 Å². The molecule has 3 heterocycles. The first-order chi connectivity index (χ1) is 26.6. The highest BCUT2D eigenvalue weighted by atomic mass is 32.2. The summed E-state index contributed by atoms with van der Waals surface area (Å²) in [7, 11) is -4.44. The Hall–Kier alpha value is -4.11. The highest BCUT2D eigenvalue weighted by Gasteiger charge is 2.51. The van der Waals surface area contributed by atoms with Gasteiger partial charge in [-0.2, -0.15) is 0 Å². The molecule has 1 aromatic heterocycles. The molecule has 2 aliphatic heterocycles. The number of ether oxygens (including phenoxy) is 1. The van der Waals surface area contributed by atoms with Crippen molar-refractivity contribution in [3.8, 4) is 0 Å². The number of carbonyl (C=O) groups is 1. The summed E-state index contributed by atoms with van der Waals surface area (Å²) in [5.41, 5.74) is 7.91. The van der Waals surface area contributed by atoms with Crippen LogP contribution in [0.1, 0.15) is 113 Å². The molecule has 14 heteroatoms. The minimum absolute atomic E-state index is 0.0328. The standard InChI is InChI=1S/C42H56N6O7S/c1-27(2)33-7-5-6-8-34(33)37-26-55-25-28(3)47(37)31-21-42(22-31)15-17-46(18-16-42)30-9-10-35(39(43)49)38(19-30)56(53,54)32-20-36(48(51)52)40(45-24-32)44-23-29-11-13-41(4,50)14-12-29/h5-10,19-20,24,27-29,31,37,50H,11-18,21-23,25-26H2,1-4H3,(H2,43,49)(H,44,45)/t28-,29?,37-,41?/m0/s1. The molecule has 0 unspecified atom stereocenters. The number of aromatic nitrogens is 1. The summed E-state index contributed by atoms with van der Waals surface area (Å²) in [4.78, 5) is 32.4. The van der Waals surface area contributed by atoms with Crippen LogP contribution in [-0.4, -0.2) is 84.8 Å². The van der Waals surface area contributed by atoms with Crippen LogP contribution in [0.4, 0.5) is 17.2 Å². The third-order valence-corrected chi connectivity index (χ3v) is 14.8. The molecule has 0 radical (unpaired) electrons. The van der Waals surface area contributed by atoms with Crippen molar-refractivity contribution >= 4 is 32.9 Å². The van der Waals surface area contributed by atoms with Crippen molar-refractivity contribution in [1.29, 1.82) is 0 Å². The van der Waals surface area contributed by atoms with Crippen LogP contribution in [-0.2, 0) is 14.6 Å². The van der Waals surface area contributed by atoms with Crippen molar-refractivity contribution in [3.63, 3.8) is 0 Å². The lowest BCUT2D eigenvalue weighted by molar-refractivity contribution is -0.384. The van der Waals surface area contributed by atoms with Crippen LogP contribution in [0.5, 0.6) is 0 Å². The van der Waals surface area contributed by atoms with Crippen molar-refractivity contribution in [1.82, 2.24) is 9.88 Å². The number of sulfone groups is 1. The third kappa shape index (κ3) is 8.03. The second kappa shape index (κ2) is 15.7. The fraction of sp³-hybridized carbons (Fsp3) is 0.571. The minimum atomic E-state index is -4.44. The molecular weight excluding hydrogens is 733 g/mol. The molecule has 302 valence electrons. The Labute approximate surface area is 330 Å². The third-order valence-electron chi connectivity index (χ3n) is 13.0. The number of nitro groups is 1. The van der Waals surface area contributed by atoms with E-state index in [2.05, 4.69) is 65.1 Å². The smallest absolute Gasteiger partial charge is 0.312 e. The molecule has 4 N–H and O–H groups in total. The Morgan fingerprint density at radius 2 is 1.79 bits per heavy atom. The Morgan fingerprint density at radius 3 is 2.45 bits per heavy atom. The molecule has 7 rings (SSSR count). The SMILES string of the molecule is CC(C)c1ccccc1[C@@H]1COC[C@H](C)N1C1CC2(CCN(c3ccc(C(N)=O)c(S(=O)(=O)c4cnc(NCC5CCC(C)(O)CC5)c([N+](=O)[O-])c4)c3)CC2)C1. The largest absolute Gasteiger partial charge is 0.390 e. The summed E-state index contributed by atoms with van der Waals surface area (Å²) in [5, 5.41) is 25.4. The number of pyridine rings is 1. The van der Waals surface area contributed by atoms with Gasteiger partial charge in [0.15, 0.2) is 0 Å². The van der Waals surface area contributed by atoms with Crippen LogP contribution < -0.4 is 16.0 Å². The first-order valence-electron chi connectivity index (χ1n) is 20.1. The lowest BCUT2D eigenvalue weighted by atomic mass is 9.59. The lowest BCUT2D eigenvalue weighted by Crippen LogP contribution is -2.60. The van der Waals surface area contributed by atoms with Gasteiger partial charge in [-0.15, -0.1) is 0 Å². The molecule has 4 aliphatic rings. The fourth-order valence-electron chi connectivity index (χ4n) is 9.69. The average Bonchev–Trinajstić information content (AvgIpc) is 3.16. The van der Waals surface area contributed by atoms with Gasteiger partial charge in [0.25, 0.3) is 0 Å². The van der Waals surface area contributed by atoms with Gasteiger partial charge >= 0.3 is 5.69 Å². The van der Waals surface area contributed by atoms with Gasteiger partial charge in [-0.05, 0) is 112 Å². The van der Waals surface area contributed by atoms with Crippen LogP contribution in [0, 0.1) is 21.4 Å². The number of aliphatic hydroxyl groups is 1. The molecular formula is C42H56N6O7S. The van der Waals surface area contributed by atoms with Crippen LogP contribution in [0.15, 0.2) is 64.5 Å². The average molecular weight is 789 g/mol. The fourth-order valence-corrected chi connectivity index (χ4v) is 11.1. The number of nitrogens with one attached hydrogen (secondary N) is 1. The van der Waals surface area contributed by atoms with Crippen molar-refractivity contribution in [2.24, 2.45) is 17.1 Å². The van der Waals surface area contributed by atoms with Gasteiger partial charge in [-0.25, -0.2) is 13.4 Å². The maximum absolute atomic E-state index is 14.2. The second-order valence-electron chi connectivity index (χ2n) is 17.3. The molecule has 4 fully saturated rings. The summed E-state index contributed by atoms with van der Waals surface area (Å²) in [6.45, 7) is 11.8. The Balaban J connectivity index is 1.05. The normalized spacial score (nSPS) is 25.9. The van der Waals surface area contributed by atoms with Gasteiger partial charge in [0, 0.05) is 49.7 Å². The summed E-state index contributed by atoms with van der Waals surface area (Å²) < 4.78 is 34.4. The molecule has 2 saturated carbocycles. The number of nitrogens with zero attached hydrogens (tertiary/aromatic N) is 4.